The average molecular weight is 387 g/mol. The van der Waals surface area contributed by atoms with E-state index in [-0.39, 0.29) is 18.0 Å². The maximum atomic E-state index is 11.5. The Bertz CT molecular complexity index is 763. The smallest absolute Gasteiger partial charge is 0.337 e. The lowest BCUT2D eigenvalue weighted by atomic mass is 9.86. The van der Waals surface area contributed by atoms with Crippen LogP contribution in [0.2, 0.25) is 0 Å². The number of quaternary nitrogens is 1. The highest BCUT2D eigenvalue weighted by Crippen LogP contribution is 2.28. The molecule has 3 N–H and O–H groups in total. The average Bonchev–Trinajstić information content (AvgIpc) is 2.69. The molecule has 5 nitrogen and oxygen atoms in total. The Morgan fingerprint density at radius 3 is 2.43 bits per heavy atom. The summed E-state index contributed by atoms with van der Waals surface area (Å²) in [5.41, 5.74) is 4.01. The van der Waals surface area contributed by atoms with Crippen molar-refractivity contribution in [3.63, 3.8) is 0 Å². The quantitative estimate of drug-likeness (QED) is 0.513. The normalized spacial score (nSPS) is 11.3. The third kappa shape index (κ3) is 6.36. The molecule has 0 amide bonds. The summed E-state index contributed by atoms with van der Waals surface area (Å²) in [6, 6.07) is 13.6. The summed E-state index contributed by atoms with van der Waals surface area (Å²) in [5, 5.41) is 11.2. The number of ether oxygens (including phenoxy) is 2. The Hall–Kier alpha value is -2.37. The van der Waals surface area contributed by atoms with Gasteiger partial charge in [0.2, 0.25) is 0 Å². The van der Waals surface area contributed by atoms with E-state index in [0.717, 1.165) is 36.4 Å². The van der Waals surface area contributed by atoms with Crippen molar-refractivity contribution in [1.29, 1.82) is 0 Å². The predicted molar refractivity (Wildman–Crippen MR) is 109 cm³/mol. The number of hydrogen-bond acceptors (Lipinski definition) is 4. The number of nitrogens with two attached hydrogens (primary N) is 1. The van der Waals surface area contributed by atoms with Gasteiger partial charge < -0.3 is 19.9 Å². The number of rotatable bonds is 9. The lowest BCUT2D eigenvalue weighted by Gasteiger charge is -2.21. The zero-order valence-corrected chi connectivity index (χ0v) is 17.3. The maximum absolute atomic E-state index is 11.5. The SMILES string of the molecule is COC(=O)c1ccc(COc2ccc(C(C)(C)C)cc2C[NH2+]CCCO)cc1. The molecule has 5 heteroatoms. The van der Waals surface area contributed by atoms with Crippen molar-refractivity contribution >= 4 is 5.97 Å². The van der Waals surface area contributed by atoms with Crippen LogP contribution in [-0.4, -0.2) is 31.3 Å². The molecule has 152 valence electrons. The van der Waals surface area contributed by atoms with Crippen LogP contribution in [0.15, 0.2) is 42.5 Å². The van der Waals surface area contributed by atoms with E-state index in [1.165, 1.54) is 12.7 Å². The molecule has 0 radical (unpaired) electrons. The Labute approximate surface area is 167 Å². The monoisotopic (exact) mass is 386 g/mol. The highest BCUT2D eigenvalue weighted by Gasteiger charge is 2.17. The zero-order chi connectivity index (χ0) is 20.6. The third-order valence-electron chi connectivity index (χ3n) is 4.63. The number of methoxy groups -OCH3 is 1. The van der Waals surface area contributed by atoms with Crippen molar-refractivity contribution in [3.8, 4) is 5.75 Å². The molecule has 2 aromatic rings. The summed E-state index contributed by atoms with van der Waals surface area (Å²) in [6.45, 7) is 8.93. The van der Waals surface area contributed by atoms with Gasteiger partial charge in [0.15, 0.2) is 0 Å². The van der Waals surface area contributed by atoms with Crippen LogP contribution in [0.4, 0.5) is 0 Å². The number of aliphatic hydroxyl groups excluding tert-OH is 1. The van der Waals surface area contributed by atoms with E-state index in [1.54, 1.807) is 12.1 Å². The molecule has 0 atom stereocenters. The topological polar surface area (TPSA) is 72.4 Å². The van der Waals surface area contributed by atoms with Gasteiger partial charge in [-0.25, -0.2) is 4.79 Å². The largest absolute Gasteiger partial charge is 0.488 e. The van der Waals surface area contributed by atoms with E-state index in [1.807, 2.05) is 18.2 Å². The van der Waals surface area contributed by atoms with E-state index < -0.39 is 0 Å². The Balaban J connectivity index is 2.10. The van der Waals surface area contributed by atoms with Crippen LogP contribution in [0.5, 0.6) is 5.75 Å². The van der Waals surface area contributed by atoms with Gasteiger partial charge in [0.25, 0.3) is 0 Å². The summed E-state index contributed by atoms with van der Waals surface area (Å²) in [4.78, 5) is 11.5. The maximum Gasteiger partial charge on any atom is 0.337 e. The van der Waals surface area contributed by atoms with E-state index in [9.17, 15) is 4.79 Å². The number of benzene rings is 2. The van der Waals surface area contributed by atoms with E-state index in [4.69, 9.17) is 14.6 Å². The summed E-state index contributed by atoms with van der Waals surface area (Å²) < 4.78 is 10.8. The van der Waals surface area contributed by atoms with Gasteiger partial charge in [0, 0.05) is 18.6 Å². The molecular weight excluding hydrogens is 354 g/mol. The second-order valence-electron chi connectivity index (χ2n) is 7.91. The molecule has 28 heavy (non-hydrogen) atoms. The highest BCUT2D eigenvalue weighted by molar-refractivity contribution is 5.89. The first kappa shape index (κ1) is 21.9. The minimum atomic E-state index is -0.342. The third-order valence-corrected chi connectivity index (χ3v) is 4.63. The number of hydrogen-bond donors (Lipinski definition) is 2. The van der Waals surface area contributed by atoms with Crippen LogP contribution in [0, 0.1) is 0 Å². The number of carbonyl (C=O) groups excluding carboxylic acids is 1. The second-order valence-corrected chi connectivity index (χ2v) is 7.91. The molecule has 0 heterocycles. The Morgan fingerprint density at radius 1 is 1.11 bits per heavy atom. The summed E-state index contributed by atoms with van der Waals surface area (Å²) >= 11 is 0. The molecule has 0 unspecified atom stereocenters. The van der Waals surface area contributed by atoms with Gasteiger partial charge in [0.1, 0.15) is 18.9 Å². The lowest BCUT2D eigenvalue weighted by Crippen LogP contribution is -2.82. The van der Waals surface area contributed by atoms with Gasteiger partial charge in [-0.1, -0.05) is 39.0 Å². The van der Waals surface area contributed by atoms with Gasteiger partial charge in [-0.05, 0) is 40.8 Å². The van der Waals surface area contributed by atoms with Crippen LogP contribution in [0.3, 0.4) is 0 Å². The van der Waals surface area contributed by atoms with Crippen molar-refractivity contribution in [2.75, 3.05) is 20.3 Å². The number of carbonyl (C=O) groups is 1. The van der Waals surface area contributed by atoms with Crippen LogP contribution in [0.1, 0.15) is 54.2 Å². The van der Waals surface area contributed by atoms with Gasteiger partial charge in [-0.15, -0.1) is 0 Å². The highest BCUT2D eigenvalue weighted by atomic mass is 16.5. The summed E-state index contributed by atoms with van der Waals surface area (Å²) in [5.74, 6) is 0.524. The standard InChI is InChI=1S/C23H31NO4/c1-23(2,3)20-10-11-21(19(14-20)15-24-12-5-13-25)28-16-17-6-8-18(9-7-17)22(26)27-4/h6-11,14,24-25H,5,12-13,15-16H2,1-4H3/p+1. The molecule has 0 fully saturated rings. The van der Waals surface area contributed by atoms with Gasteiger partial charge in [0.05, 0.1) is 19.2 Å². The molecule has 0 saturated heterocycles. The molecule has 0 aliphatic carbocycles. The summed E-state index contributed by atoms with van der Waals surface area (Å²) in [6.07, 6.45) is 0.779. The van der Waals surface area contributed by atoms with Crippen molar-refractivity contribution in [2.45, 2.75) is 45.8 Å². The van der Waals surface area contributed by atoms with Crippen LogP contribution in [-0.2, 0) is 23.3 Å². The first-order valence-electron chi connectivity index (χ1n) is 9.71. The Kier molecular flexibility index (Phi) is 8.03. The molecule has 0 aromatic heterocycles. The predicted octanol–water partition coefficient (Wildman–Crippen LogP) is 2.80. The second kappa shape index (κ2) is 10.2. The Morgan fingerprint density at radius 2 is 1.82 bits per heavy atom. The van der Waals surface area contributed by atoms with Crippen molar-refractivity contribution < 1.29 is 24.7 Å². The van der Waals surface area contributed by atoms with Crippen molar-refractivity contribution in [3.05, 3.63) is 64.7 Å². The van der Waals surface area contributed by atoms with E-state index >= 15 is 0 Å². The molecule has 0 aliphatic heterocycles. The van der Waals surface area contributed by atoms with Gasteiger partial charge in [-0.3, -0.25) is 0 Å². The molecule has 0 aliphatic rings. The minimum absolute atomic E-state index is 0.0715. The summed E-state index contributed by atoms with van der Waals surface area (Å²) in [7, 11) is 1.37. The van der Waals surface area contributed by atoms with Crippen molar-refractivity contribution in [1.82, 2.24) is 0 Å². The molecule has 0 bridgehead atoms. The van der Waals surface area contributed by atoms with Gasteiger partial charge >= 0.3 is 5.97 Å². The first-order chi connectivity index (χ1) is 13.3. The number of esters is 1. The fraction of sp³-hybridized carbons (Fsp3) is 0.435. The molecule has 0 spiro atoms. The van der Waals surface area contributed by atoms with Crippen LogP contribution >= 0.6 is 0 Å². The molecule has 0 saturated carbocycles. The van der Waals surface area contributed by atoms with E-state index in [0.29, 0.717) is 12.2 Å². The minimum Gasteiger partial charge on any atom is -0.488 e. The fourth-order valence-corrected chi connectivity index (χ4v) is 2.86. The van der Waals surface area contributed by atoms with Crippen LogP contribution < -0.4 is 10.1 Å². The van der Waals surface area contributed by atoms with Crippen molar-refractivity contribution in [2.24, 2.45) is 0 Å². The zero-order valence-electron chi connectivity index (χ0n) is 17.3. The molecule has 2 rings (SSSR count). The van der Waals surface area contributed by atoms with Gasteiger partial charge in [-0.2, -0.15) is 0 Å². The molecular formula is C23H32NO4+. The van der Waals surface area contributed by atoms with E-state index in [2.05, 4.69) is 38.2 Å². The number of aliphatic hydroxyl groups is 1. The fourth-order valence-electron chi connectivity index (χ4n) is 2.86. The van der Waals surface area contributed by atoms with Crippen LogP contribution in [0.25, 0.3) is 0 Å². The lowest BCUT2D eigenvalue weighted by molar-refractivity contribution is -0.671. The first-order valence-corrected chi connectivity index (χ1v) is 9.71. The molecule has 2 aromatic carbocycles.